The average molecular weight is 323 g/mol. The molecule has 0 bridgehead atoms. The van der Waals surface area contributed by atoms with Crippen LogP contribution in [0.25, 0.3) is 0 Å². The van der Waals surface area contributed by atoms with Crippen LogP contribution in [0, 0.1) is 11.3 Å². The maximum absolute atomic E-state index is 8.84. The number of benzene rings is 2. The lowest BCUT2D eigenvalue weighted by atomic mass is 10.2. The molecule has 0 aliphatic heterocycles. The summed E-state index contributed by atoms with van der Waals surface area (Å²) in [4.78, 5) is 0. The van der Waals surface area contributed by atoms with Crippen molar-refractivity contribution in [2.75, 3.05) is 19.5 Å². The van der Waals surface area contributed by atoms with Crippen LogP contribution in [-0.4, -0.2) is 14.2 Å². The van der Waals surface area contributed by atoms with Crippen molar-refractivity contribution in [3.63, 3.8) is 0 Å². The van der Waals surface area contributed by atoms with Gasteiger partial charge in [0.15, 0.2) is 0 Å². The molecule has 0 saturated heterocycles. The topological polar surface area (TPSA) is 54.3 Å². The zero-order valence-corrected chi connectivity index (χ0v) is 12.9. The lowest BCUT2D eigenvalue weighted by Crippen LogP contribution is -1.97. The largest absolute Gasteiger partial charge is 0.495 e. The maximum Gasteiger partial charge on any atom is 0.146 e. The summed E-state index contributed by atoms with van der Waals surface area (Å²) in [6.45, 7) is 0. The van der Waals surface area contributed by atoms with E-state index in [9.17, 15) is 0 Å². The highest BCUT2D eigenvalue weighted by Crippen LogP contribution is 2.38. The van der Waals surface area contributed by atoms with Gasteiger partial charge in [-0.25, -0.2) is 0 Å². The van der Waals surface area contributed by atoms with Gasteiger partial charge in [-0.1, -0.05) is 23.2 Å². The van der Waals surface area contributed by atoms with Crippen molar-refractivity contribution in [1.29, 1.82) is 5.26 Å². The molecule has 0 aliphatic rings. The maximum atomic E-state index is 8.84. The Morgan fingerprint density at radius 1 is 0.952 bits per heavy atom. The number of nitrogens with one attached hydrogen (secondary N) is 1. The van der Waals surface area contributed by atoms with Crippen LogP contribution in [0.2, 0.25) is 10.0 Å². The van der Waals surface area contributed by atoms with Crippen molar-refractivity contribution in [3.05, 3.63) is 45.9 Å². The molecule has 1 N–H and O–H groups in total. The molecular formula is C15H12Cl2N2O2. The van der Waals surface area contributed by atoms with Crippen molar-refractivity contribution < 1.29 is 9.47 Å². The highest BCUT2D eigenvalue weighted by molar-refractivity contribution is 6.33. The van der Waals surface area contributed by atoms with E-state index >= 15 is 0 Å². The Bertz CT molecular complexity index is 712. The second-order valence-corrected chi connectivity index (χ2v) is 4.93. The number of halogens is 2. The molecule has 0 aromatic heterocycles. The molecule has 0 radical (unpaired) electrons. The second kappa shape index (κ2) is 6.57. The number of methoxy groups -OCH3 is 2. The van der Waals surface area contributed by atoms with Crippen LogP contribution in [-0.2, 0) is 0 Å². The molecule has 0 spiro atoms. The molecule has 0 fully saturated rings. The van der Waals surface area contributed by atoms with Crippen molar-refractivity contribution in [2.45, 2.75) is 0 Å². The predicted octanol–water partition coefficient (Wildman–Crippen LogP) is 4.63. The van der Waals surface area contributed by atoms with Crippen molar-refractivity contribution in [1.82, 2.24) is 0 Å². The van der Waals surface area contributed by atoms with Crippen LogP contribution in [0.15, 0.2) is 30.3 Å². The van der Waals surface area contributed by atoms with Crippen LogP contribution < -0.4 is 14.8 Å². The molecule has 21 heavy (non-hydrogen) atoms. The second-order valence-electron chi connectivity index (χ2n) is 4.12. The van der Waals surface area contributed by atoms with Gasteiger partial charge in [0.2, 0.25) is 0 Å². The van der Waals surface area contributed by atoms with E-state index in [1.807, 2.05) is 6.07 Å². The Hall–Kier alpha value is -2.09. The summed E-state index contributed by atoms with van der Waals surface area (Å²) in [5.74, 6) is 1.08. The normalized spacial score (nSPS) is 9.86. The number of hydrogen-bond acceptors (Lipinski definition) is 4. The van der Waals surface area contributed by atoms with E-state index in [0.717, 1.165) is 0 Å². The fraction of sp³-hybridized carbons (Fsp3) is 0.133. The molecule has 2 aromatic carbocycles. The van der Waals surface area contributed by atoms with Crippen LogP contribution in [0.5, 0.6) is 11.5 Å². The van der Waals surface area contributed by atoms with Crippen molar-refractivity contribution in [2.24, 2.45) is 0 Å². The van der Waals surface area contributed by atoms with Gasteiger partial charge in [0.05, 0.1) is 47.3 Å². The first-order valence-electron chi connectivity index (χ1n) is 5.97. The van der Waals surface area contributed by atoms with Gasteiger partial charge in [-0.15, -0.1) is 0 Å². The van der Waals surface area contributed by atoms with Crippen LogP contribution >= 0.6 is 23.2 Å². The molecule has 0 amide bonds. The van der Waals surface area contributed by atoms with Crippen LogP contribution in [0.1, 0.15) is 5.56 Å². The Morgan fingerprint density at radius 2 is 1.67 bits per heavy atom. The van der Waals surface area contributed by atoms with Crippen LogP contribution in [0.4, 0.5) is 11.4 Å². The summed E-state index contributed by atoms with van der Waals surface area (Å²) < 4.78 is 10.4. The minimum absolute atomic E-state index is 0.433. The fourth-order valence-corrected chi connectivity index (χ4v) is 2.26. The van der Waals surface area contributed by atoms with Gasteiger partial charge < -0.3 is 14.8 Å². The first-order valence-corrected chi connectivity index (χ1v) is 6.72. The molecule has 0 saturated carbocycles. The minimum Gasteiger partial charge on any atom is -0.495 e. The molecule has 2 rings (SSSR count). The highest BCUT2D eigenvalue weighted by atomic mass is 35.5. The van der Waals surface area contributed by atoms with Gasteiger partial charge in [0, 0.05) is 6.07 Å². The lowest BCUT2D eigenvalue weighted by Gasteiger charge is -2.14. The monoisotopic (exact) mass is 322 g/mol. The summed E-state index contributed by atoms with van der Waals surface area (Å²) in [6.07, 6.45) is 0. The molecule has 0 heterocycles. The van der Waals surface area contributed by atoms with Gasteiger partial charge in [-0.05, 0) is 24.3 Å². The molecule has 2 aromatic rings. The quantitative estimate of drug-likeness (QED) is 0.891. The van der Waals surface area contributed by atoms with E-state index < -0.39 is 0 Å². The van der Waals surface area contributed by atoms with Gasteiger partial charge in [0.25, 0.3) is 0 Å². The Balaban J connectivity index is 2.40. The Kier molecular flexibility index (Phi) is 4.79. The van der Waals surface area contributed by atoms with E-state index in [0.29, 0.717) is 38.5 Å². The molecule has 0 atom stereocenters. The number of nitriles is 1. The SMILES string of the molecule is COc1cc(OC)c(Nc2ccc(C#N)cc2Cl)cc1Cl. The van der Waals surface area contributed by atoms with Gasteiger partial charge in [-0.3, -0.25) is 0 Å². The summed E-state index contributed by atoms with van der Waals surface area (Å²) in [5.41, 5.74) is 1.79. The molecular weight excluding hydrogens is 311 g/mol. The fourth-order valence-electron chi connectivity index (χ4n) is 1.79. The lowest BCUT2D eigenvalue weighted by molar-refractivity contribution is 0.396. The number of anilines is 2. The summed E-state index contributed by atoms with van der Waals surface area (Å²) in [7, 11) is 3.08. The van der Waals surface area contributed by atoms with Crippen molar-refractivity contribution >= 4 is 34.6 Å². The predicted molar refractivity (Wildman–Crippen MR) is 84.0 cm³/mol. The Labute approximate surface area is 132 Å². The summed E-state index contributed by atoms with van der Waals surface area (Å²) in [5, 5.41) is 12.9. The zero-order chi connectivity index (χ0) is 15.4. The number of nitrogens with zero attached hydrogens (tertiary/aromatic N) is 1. The molecule has 4 nitrogen and oxygen atoms in total. The standard InChI is InChI=1S/C15H12Cl2N2O2/c1-20-14-7-15(21-2)13(6-11(14)17)19-12-4-3-9(8-18)5-10(12)16/h3-7,19H,1-2H3. The molecule has 108 valence electrons. The molecule has 0 unspecified atom stereocenters. The van der Waals surface area contributed by atoms with Gasteiger partial charge in [0.1, 0.15) is 11.5 Å². The molecule has 0 aliphatic carbocycles. The third kappa shape index (κ3) is 3.33. The number of ether oxygens (including phenoxy) is 2. The van der Waals surface area contributed by atoms with E-state index in [1.165, 1.54) is 7.11 Å². The van der Waals surface area contributed by atoms with Gasteiger partial charge in [-0.2, -0.15) is 5.26 Å². The first kappa shape index (κ1) is 15.3. The Morgan fingerprint density at radius 3 is 2.24 bits per heavy atom. The van der Waals surface area contributed by atoms with Crippen LogP contribution in [0.3, 0.4) is 0 Å². The molecule has 6 heteroatoms. The average Bonchev–Trinajstić information content (AvgIpc) is 2.49. The third-order valence-corrected chi connectivity index (χ3v) is 3.45. The number of hydrogen-bond donors (Lipinski definition) is 1. The smallest absolute Gasteiger partial charge is 0.146 e. The summed E-state index contributed by atoms with van der Waals surface area (Å²) >= 11 is 12.3. The van der Waals surface area contributed by atoms with Crippen molar-refractivity contribution in [3.8, 4) is 17.6 Å². The number of rotatable bonds is 4. The minimum atomic E-state index is 0.433. The van der Waals surface area contributed by atoms with Gasteiger partial charge >= 0.3 is 0 Å². The third-order valence-electron chi connectivity index (χ3n) is 2.84. The highest BCUT2D eigenvalue weighted by Gasteiger charge is 2.11. The summed E-state index contributed by atoms with van der Waals surface area (Å²) in [6, 6.07) is 10.4. The van der Waals surface area contributed by atoms with E-state index in [2.05, 4.69) is 5.32 Å². The first-order chi connectivity index (χ1) is 10.1. The van der Waals surface area contributed by atoms with E-state index in [1.54, 1.807) is 37.4 Å². The van der Waals surface area contributed by atoms with E-state index in [-0.39, 0.29) is 0 Å². The van der Waals surface area contributed by atoms with E-state index in [4.69, 9.17) is 37.9 Å². The zero-order valence-electron chi connectivity index (χ0n) is 11.4.